The van der Waals surface area contributed by atoms with Gasteiger partial charge in [0, 0.05) is 25.7 Å². The molecule has 1 aliphatic heterocycles. The fraction of sp³-hybridized carbons (Fsp3) is 0.455. The lowest BCUT2D eigenvalue weighted by molar-refractivity contribution is 0.393. The summed E-state index contributed by atoms with van der Waals surface area (Å²) in [6.45, 7) is 1.01. The molecule has 3 nitrogen and oxygen atoms in total. The zero-order chi connectivity index (χ0) is 9.97. The summed E-state index contributed by atoms with van der Waals surface area (Å²) in [5.74, 6) is 0. The van der Waals surface area contributed by atoms with Crippen molar-refractivity contribution in [2.75, 3.05) is 13.6 Å². The van der Waals surface area contributed by atoms with Crippen LogP contribution < -0.4 is 0 Å². The summed E-state index contributed by atoms with van der Waals surface area (Å²) in [4.78, 5) is 0. The van der Waals surface area contributed by atoms with E-state index in [1.165, 1.54) is 11.3 Å². The van der Waals surface area contributed by atoms with Crippen LogP contribution in [0.3, 0.4) is 0 Å². The first-order valence-electron chi connectivity index (χ1n) is 5.00. The molecule has 0 saturated carbocycles. The van der Waals surface area contributed by atoms with Crippen molar-refractivity contribution in [3.8, 4) is 0 Å². The van der Waals surface area contributed by atoms with Gasteiger partial charge in [-0.25, -0.2) is 0 Å². The van der Waals surface area contributed by atoms with Gasteiger partial charge in [0.15, 0.2) is 0 Å². The monoisotopic (exact) mass is 189 g/mol. The first kappa shape index (κ1) is 9.19. The summed E-state index contributed by atoms with van der Waals surface area (Å²) < 4.78 is 0. The predicted molar refractivity (Wildman–Crippen MR) is 58.9 cm³/mol. The van der Waals surface area contributed by atoms with E-state index in [4.69, 9.17) is 5.41 Å². The van der Waals surface area contributed by atoms with E-state index in [2.05, 4.69) is 11.2 Å². The third-order valence-electron chi connectivity index (χ3n) is 2.54. The summed E-state index contributed by atoms with van der Waals surface area (Å²) in [5, 5.41) is 14.0. The van der Waals surface area contributed by atoms with Gasteiger partial charge < -0.3 is 5.41 Å². The molecule has 14 heavy (non-hydrogen) atoms. The zero-order valence-electron chi connectivity index (χ0n) is 8.45. The number of hydrogen-bond acceptors (Lipinski definition) is 3. The minimum absolute atomic E-state index is 0.711. The van der Waals surface area contributed by atoms with Crippen molar-refractivity contribution >= 4 is 11.4 Å². The average molecular weight is 189 g/mol. The fourth-order valence-electron chi connectivity index (χ4n) is 1.71. The number of hydrogen-bond donors (Lipinski definition) is 1. The number of hydrazone groups is 1. The van der Waals surface area contributed by atoms with Crippen molar-refractivity contribution in [1.82, 2.24) is 5.01 Å². The molecule has 0 fully saturated rings. The normalized spacial score (nSPS) is 22.1. The minimum atomic E-state index is 0.711. The molecule has 1 heterocycles. The van der Waals surface area contributed by atoms with Gasteiger partial charge in [-0.05, 0) is 24.5 Å². The van der Waals surface area contributed by atoms with E-state index >= 15 is 0 Å². The summed E-state index contributed by atoms with van der Waals surface area (Å²) in [5.41, 5.74) is 3.08. The Labute approximate surface area is 84.3 Å². The molecule has 0 aromatic carbocycles. The molecule has 0 atom stereocenters. The smallest absolute Gasteiger partial charge is 0.0692 e. The van der Waals surface area contributed by atoms with Gasteiger partial charge in [0.25, 0.3) is 0 Å². The Kier molecular flexibility index (Phi) is 2.48. The van der Waals surface area contributed by atoms with E-state index in [0.717, 1.165) is 25.8 Å². The average Bonchev–Trinajstić information content (AvgIpc) is 2.46. The third kappa shape index (κ3) is 1.92. The molecule has 2 rings (SSSR count). The SMILES string of the molecule is CN1CCC(C2=CCCC(=N)C=C2)=N1. The Bertz CT molecular complexity index is 336. The Balaban J connectivity index is 2.17. The molecular weight excluding hydrogens is 174 g/mol. The standard InChI is InChI=1S/C11H15N3/c1-14-8-7-11(13-14)9-3-2-4-10(12)6-5-9/h3,5-6,12H,2,4,7-8H2,1H3. The van der Waals surface area contributed by atoms with Crippen molar-refractivity contribution in [1.29, 1.82) is 5.41 Å². The quantitative estimate of drug-likeness (QED) is 0.673. The van der Waals surface area contributed by atoms with Gasteiger partial charge in [0.05, 0.1) is 5.71 Å². The molecular formula is C11H15N3. The van der Waals surface area contributed by atoms with E-state index in [0.29, 0.717) is 5.71 Å². The molecule has 1 aliphatic carbocycles. The summed E-state index contributed by atoms with van der Waals surface area (Å²) >= 11 is 0. The van der Waals surface area contributed by atoms with E-state index < -0.39 is 0 Å². The molecule has 0 bridgehead atoms. The molecule has 0 aromatic rings. The van der Waals surface area contributed by atoms with Gasteiger partial charge in [-0.15, -0.1) is 0 Å². The molecule has 3 heteroatoms. The van der Waals surface area contributed by atoms with E-state index in [9.17, 15) is 0 Å². The van der Waals surface area contributed by atoms with Crippen molar-refractivity contribution in [3.63, 3.8) is 0 Å². The van der Waals surface area contributed by atoms with Gasteiger partial charge in [0.2, 0.25) is 0 Å². The second-order valence-corrected chi connectivity index (χ2v) is 3.73. The maximum atomic E-state index is 7.56. The zero-order valence-corrected chi connectivity index (χ0v) is 8.45. The Morgan fingerprint density at radius 1 is 1.36 bits per heavy atom. The van der Waals surface area contributed by atoms with Crippen LogP contribution in [0.5, 0.6) is 0 Å². The number of rotatable bonds is 1. The minimum Gasteiger partial charge on any atom is -0.305 e. The summed E-state index contributed by atoms with van der Waals surface area (Å²) in [6.07, 6.45) is 8.94. The van der Waals surface area contributed by atoms with E-state index in [1.54, 1.807) is 0 Å². The molecule has 0 radical (unpaired) electrons. The van der Waals surface area contributed by atoms with Crippen molar-refractivity contribution < 1.29 is 0 Å². The number of nitrogens with zero attached hydrogens (tertiary/aromatic N) is 2. The summed E-state index contributed by atoms with van der Waals surface area (Å²) in [6, 6.07) is 0. The lowest BCUT2D eigenvalue weighted by Gasteiger charge is -2.01. The Hall–Kier alpha value is -1.38. The molecule has 0 aromatic heterocycles. The van der Waals surface area contributed by atoms with Crippen LogP contribution in [0, 0.1) is 5.41 Å². The molecule has 0 unspecified atom stereocenters. The third-order valence-corrected chi connectivity index (χ3v) is 2.54. The van der Waals surface area contributed by atoms with Crippen molar-refractivity contribution in [2.45, 2.75) is 19.3 Å². The van der Waals surface area contributed by atoms with Crippen LogP contribution in [0.4, 0.5) is 0 Å². The Morgan fingerprint density at radius 2 is 2.21 bits per heavy atom. The highest BCUT2D eigenvalue weighted by molar-refractivity contribution is 6.05. The highest BCUT2D eigenvalue weighted by Crippen LogP contribution is 2.16. The maximum absolute atomic E-state index is 7.56. The highest BCUT2D eigenvalue weighted by Gasteiger charge is 2.14. The van der Waals surface area contributed by atoms with E-state index in [1.807, 2.05) is 24.2 Å². The van der Waals surface area contributed by atoms with Crippen LogP contribution in [0.15, 0.2) is 28.9 Å². The molecule has 1 N–H and O–H groups in total. The molecule has 2 aliphatic rings. The predicted octanol–water partition coefficient (Wildman–Crippen LogP) is 1.97. The lowest BCUT2D eigenvalue weighted by atomic mass is 10.1. The second kappa shape index (κ2) is 3.78. The lowest BCUT2D eigenvalue weighted by Crippen LogP contribution is -2.04. The van der Waals surface area contributed by atoms with Crippen LogP contribution in [0.2, 0.25) is 0 Å². The summed E-state index contributed by atoms with van der Waals surface area (Å²) in [7, 11) is 2.00. The van der Waals surface area contributed by atoms with Crippen LogP contribution in [-0.2, 0) is 0 Å². The second-order valence-electron chi connectivity index (χ2n) is 3.73. The first-order chi connectivity index (χ1) is 6.75. The fourth-order valence-corrected chi connectivity index (χ4v) is 1.71. The molecule has 0 saturated heterocycles. The van der Waals surface area contributed by atoms with E-state index in [-0.39, 0.29) is 0 Å². The first-order valence-corrected chi connectivity index (χ1v) is 5.00. The maximum Gasteiger partial charge on any atom is 0.0692 e. The molecule has 74 valence electrons. The largest absolute Gasteiger partial charge is 0.305 e. The van der Waals surface area contributed by atoms with Gasteiger partial charge in [-0.3, -0.25) is 5.01 Å². The van der Waals surface area contributed by atoms with Crippen molar-refractivity contribution in [2.24, 2.45) is 5.10 Å². The van der Waals surface area contributed by atoms with Gasteiger partial charge in [-0.2, -0.15) is 5.10 Å². The Morgan fingerprint density at radius 3 is 2.93 bits per heavy atom. The molecule has 0 amide bonds. The van der Waals surface area contributed by atoms with Gasteiger partial charge in [0.1, 0.15) is 0 Å². The van der Waals surface area contributed by atoms with Gasteiger partial charge in [-0.1, -0.05) is 12.2 Å². The van der Waals surface area contributed by atoms with Gasteiger partial charge >= 0.3 is 0 Å². The number of allylic oxidation sites excluding steroid dienone is 4. The topological polar surface area (TPSA) is 39.5 Å². The van der Waals surface area contributed by atoms with Crippen LogP contribution in [0.1, 0.15) is 19.3 Å². The van der Waals surface area contributed by atoms with Crippen LogP contribution >= 0.6 is 0 Å². The van der Waals surface area contributed by atoms with Crippen LogP contribution in [-0.4, -0.2) is 30.0 Å². The molecule has 0 spiro atoms. The highest BCUT2D eigenvalue weighted by atomic mass is 15.5. The van der Waals surface area contributed by atoms with Crippen LogP contribution in [0.25, 0.3) is 0 Å². The number of nitrogens with one attached hydrogen (secondary N) is 1. The van der Waals surface area contributed by atoms with Crippen molar-refractivity contribution in [3.05, 3.63) is 23.8 Å².